The molecule has 0 saturated heterocycles. The molecule has 0 saturated carbocycles. The average Bonchev–Trinajstić information content (AvgIpc) is 2.31. The number of aliphatic hydroxyl groups is 1. The maximum Gasteiger partial charge on any atom is 0.335 e. The summed E-state index contributed by atoms with van der Waals surface area (Å²) < 4.78 is 5.04. The van der Waals surface area contributed by atoms with Gasteiger partial charge in [-0.25, -0.2) is 4.79 Å². The summed E-state index contributed by atoms with van der Waals surface area (Å²) in [6, 6.07) is 0. The van der Waals surface area contributed by atoms with Gasteiger partial charge in [-0.1, -0.05) is 26.2 Å². The molecule has 2 unspecified atom stereocenters. The van der Waals surface area contributed by atoms with Gasteiger partial charge in [0.05, 0.1) is 6.10 Å². The van der Waals surface area contributed by atoms with Crippen LogP contribution in [0.15, 0.2) is 0 Å². The maximum atomic E-state index is 11.4. The molecule has 106 valence electrons. The molecule has 0 aromatic carbocycles. The Morgan fingerprint density at radius 3 is 2.39 bits per heavy atom. The highest BCUT2D eigenvalue weighted by molar-refractivity contribution is 5.75. The lowest BCUT2D eigenvalue weighted by Gasteiger charge is -2.15. The second kappa shape index (κ2) is 9.88. The predicted molar refractivity (Wildman–Crippen MR) is 67.2 cm³/mol. The third-order valence-corrected chi connectivity index (χ3v) is 2.69. The van der Waals surface area contributed by atoms with E-state index in [-0.39, 0.29) is 18.9 Å². The van der Waals surface area contributed by atoms with Gasteiger partial charge in [-0.15, -0.1) is 0 Å². The molecular weight excluding hydrogens is 236 g/mol. The highest BCUT2D eigenvalue weighted by Gasteiger charge is 2.19. The molecule has 0 aromatic heterocycles. The van der Waals surface area contributed by atoms with Crippen molar-refractivity contribution in [3.05, 3.63) is 0 Å². The topological polar surface area (TPSA) is 83.8 Å². The minimum absolute atomic E-state index is 0.100. The largest absolute Gasteiger partial charge is 0.481 e. The lowest BCUT2D eigenvalue weighted by atomic mass is 10.1. The van der Waals surface area contributed by atoms with Crippen LogP contribution in [0.5, 0.6) is 0 Å². The van der Waals surface area contributed by atoms with Crippen molar-refractivity contribution in [2.75, 3.05) is 0 Å². The number of carboxylic acid groups (broad SMARTS) is 1. The second-order valence-electron chi connectivity index (χ2n) is 4.55. The van der Waals surface area contributed by atoms with E-state index in [0.717, 1.165) is 25.7 Å². The zero-order valence-electron chi connectivity index (χ0n) is 11.2. The van der Waals surface area contributed by atoms with Gasteiger partial charge in [0, 0.05) is 6.42 Å². The first-order valence-corrected chi connectivity index (χ1v) is 6.57. The minimum Gasteiger partial charge on any atom is -0.481 e. The van der Waals surface area contributed by atoms with Crippen LogP contribution in [0.2, 0.25) is 0 Å². The van der Waals surface area contributed by atoms with Crippen LogP contribution in [0, 0.1) is 0 Å². The van der Waals surface area contributed by atoms with Crippen LogP contribution in [0.25, 0.3) is 0 Å². The molecule has 0 amide bonds. The molecule has 5 nitrogen and oxygen atoms in total. The molecule has 2 N–H and O–H groups in total. The van der Waals surface area contributed by atoms with Gasteiger partial charge >= 0.3 is 11.9 Å². The first kappa shape index (κ1) is 16.9. The van der Waals surface area contributed by atoms with Crippen molar-refractivity contribution in [3.63, 3.8) is 0 Å². The number of carbonyl (C=O) groups is 2. The SMILES string of the molecule is CCCCCCC(C)OC(=O)C(O)CCC(=O)O. The lowest BCUT2D eigenvalue weighted by molar-refractivity contribution is -0.159. The first-order chi connectivity index (χ1) is 8.47. The van der Waals surface area contributed by atoms with Gasteiger partial charge in [0.2, 0.25) is 0 Å². The van der Waals surface area contributed by atoms with Crippen LogP contribution in [-0.4, -0.2) is 34.4 Å². The number of carbonyl (C=O) groups excluding carboxylic acids is 1. The Hall–Kier alpha value is -1.10. The van der Waals surface area contributed by atoms with Crippen LogP contribution in [0.1, 0.15) is 58.8 Å². The third-order valence-electron chi connectivity index (χ3n) is 2.69. The Balaban J connectivity index is 3.74. The number of rotatable bonds is 10. The van der Waals surface area contributed by atoms with Gasteiger partial charge in [0.25, 0.3) is 0 Å². The molecule has 0 fully saturated rings. The number of ether oxygens (including phenoxy) is 1. The summed E-state index contributed by atoms with van der Waals surface area (Å²) in [6.07, 6.45) is 3.31. The highest BCUT2D eigenvalue weighted by atomic mass is 16.6. The molecule has 0 rings (SSSR count). The average molecular weight is 260 g/mol. The maximum absolute atomic E-state index is 11.4. The molecular formula is C13H24O5. The van der Waals surface area contributed by atoms with Crippen molar-refractivity contribution in [2.45, 2.75) is 71.0 Å². The standard InChI is InChI=1S/C13H24O5/c1-3-4-5-6-7-10(2)18-13(17)11(14)8-9-12(15)16/h10-11,14H,3-9H2,1-2H3,(H,15,16). The Labute approximate surface area is 108 Å². The van der Waals surface area contributed by atoms with Crippen molar-refractivity contribution in [1.29, 1.82) is 0 Å². The zero-order chi connectivity index (χ0) is 14.0. The van der Waals surface area contributed by atoms with Crippen molar-refractivity contribution >= 4 is 11.9 Å². The lowest BCUT2D eigenvalue weighted by Crippen LogP contribution is -2.27. The molecule has 18 heavy (non-hydrogen) atoms. The molecule has 2 atom stereocenters. The van der Waals surface area contributed by atoms with Gasteiger partial charge in [-0.2, -0.15) is 0 Å². The molecule has 0 heterocycles. The van der Waals surface area contributed by atoms with E-state index < -0.39 is 18.0 Å². The minimum atomic E-state index is -1.33. The Morgan fingerprint density at radius 2 is 1.83 bits per heavy atom. The zero-order valence-corrected chi connectivity index (χ0v) is 11.2. The van der Waals surface area contributed by atoms with Crippen LogP contribution in [0.3, 0.4) is 0 Å². The summed E-state index contributed by atoms with van der Waals surface area (Å²) in [5.41, 5.74) is 0. The molecule has 5 heteroatoms. The highest BCUT2D eigenvalue weighted by Crippen LogP contribution is 2.09. The number of esters is 1. The molecule has 0 spiro atoms. The van der Waals surface area contributed by atoms with E-state index in [4.69, 9.17) is 9.84 Å². The third kappa shape index (κ3) is 8.98. The normalized spacial score (nSPS) is 13.9. The number of aliphatic hydroxyl groups excluding tert-OH is 1. The number of aliphatic carboxylic acids is 1. The van der Waals surface area contributed by atoms with E-state index in [9.17, 15) is 14.7 Å². The monoisotopic (exact) mass is 260 g/mol. The molecule has 0 aliphatic carbocycles. The number of hydrogen-bond acceptors (Lipinski definition) is 4. The Bertz CT molecular complexity index is 252. The first-order valence-electron chi connectivity index (χ1n) is 6.57. The van der Waals surface area contributed by atoms with E-state index in [1.807, 2.05) is 0 Å². The van der Waals surface area contributed by atoms with Gasteiger partial charge in [-0.3, -0.25) is 4.79 Å². The molecule has 0 aliphatic rings. The van der Waals surface area contributed by atoms with Crippen LogP contribution in [-0.2, 0) is 14.3 Å². The van der Waals surface area contributed by atoms with E-state index in [2.05, 4.69) is 6.92 Å². The van der Waals surface area contributed by atoms with E-state index >= 15 is 0 Å². The van der Waals surface area contributed by atoms with Gasteiger partial charge in [0.1, 0.15) is 0 Å². The van der Waals surface area contributed by atoms with Crippen molar-refractivity contribution < 1.29 is 24.5 Å². The fourth-order valence-electron chi connectivity index (χ4n) is 1.57. The summed E-state index contributed by atoms with van der Waals surface area (Å²) in [6.45, 7) is 3.91. The van der Waals surface area contributed by atoms with Crippen LogP contribution < -0.4 is 0 Å². The molecule has 0 bridgehead atoms. The second-order valence-corrected chi connectivity index (χ2v) is 4.55. The molecule has 0 aromatic rings. The van der Waals surface area contributed by atoms with Crippen LogP contribution >= 0.6 is 0 Å². The smallest absolute Gasteiger partial charge is 0.335 e. The Kier molecular flexibility index (Phi) is 9.28. The summed E-state index contributed by atoms with van der Waals surface area (Å²) in [4.78, 5) is 21.7. The van der Waals surface area contributed by atoms with Gasteiger partial charge < -0.3 is 14.9 Å². The summed E-state index contributed by atoms with van der Waals surface area (Å²) in [5, 5.41) is 17.8. The number of unbranched alkanes of at least 4 members (excludes halogenated alkanes) is 3. The van der Waals surface area contributed by atoms with E-state index in [1.54, 1.807) is 6.92 Å². The van der Waals surface area contributed by atoms with Crippen LogP contribution in [0.4, 0.5) is 0 Å². The predicted octanol–water partition coefficient (Wildman–Crippen LogP) is 2.11. The summed E-state index contributed by atoms with van der Waals surface area (Å²) in [5.74, 6) is -1.76. The van der Waals surface area contributed by atoms with Gasteiger partial charge in [-0.05, 0) is 26.2 Å². The van der Waals surface area contributed by atoms with Crippen molar-refractivity contribution in [1.82, 2.24) is 0 Å². The molecule has 0 aliphatic heterocycles. The van der Waals surface area contributed by atoms with E-state index in [1.165, 1.54) is 6.42 Å². The molecule has 0 radical (unpaired) electrons. The number of hydrogen-bond donors (Lipinski definition) is 2. The van der Waals surface area contributed by atoms with Gasteiger partial charge in [0.15, 0.2) is 6.10 Å². The fraction of sp³-hybridized carbons (Fsp3) is 0.846. The summed E-state index contributed by atoms with van der Waals surface area (Å²) >= 11 is 0. The fourth-order valence-corrected chi connectivity index (χ4v) is 1.57. The van der Waals surface area contributed by atoms with Crippen molar-refractivity contribution in [3.8, 4) is 0 Å². The quantitative estimate of drug-likeness (QED) is 0.464. The number of carboxylic acids is 1. The summed E-state index contributed by atoms with van der Waals surface area (Å²) in [7, 11) is 0. The van der Waals surface area contributed by atoms with Crippen molar-refractivity contribution in [2.24, 2.45) is 0 Å². The Morgan fingerprint density at radius 1 is 1.17 bits per heavy atom. The van der Waals surface area contributed by atoms with E-state index in [0.29, 0.717) is 0 Å².